The highest BCUT2D eigenvalue weighted by atomic mass is 14.0. The Labute approximate surface area is 154 Å². The van der Waals surface area contributed by atoms with Gasteiger partial charge in [-0.25, -0.2) is 0 Å². The van der Waals surface area contributed by atoms with Gasteiger partial charge in [0.2, 0.25) is 0 Å². The normalized spacial score (nSPS) is 12.8. The van der Waals surface area contributed by atoms with Crippen LogP contribution in [0, 0.1) is 0 Å². The average Bonchev–Trinajstić information content (AvgIpc) is 3.15. The van der Waals surface area contributed by atoms with Gasteiger partial charge in [-0.1, -0.05) is 99.9 Å². The van der Waals surface area contributed by atoms with E-state index in [1.54, 1.807) is 0 Å². The van der Waals surface area contributed by atoms with Crippen molar-refractivity contribution in [2.75, 3.05) is 0 Å². The molecule has 0 N–H and O–H groups in total. The minimum atomic E-state index is 0.816. The Hall–Kier alpha value is -2.60. The smallest absolute Gasteiger partial charge is 0.00941 e. The molecule has 0 fully saturated rings. The topological polar surface area (TPSA) is 0 Å². The molecular weight excluding hydrogens is 300 g/mol. The van der Waals surface area contributed by atoms with Crippen molar-refractivity contribution >= 4 is 11.1 Å². The minimum absolute atomic E-state index is 0.816. The van der Waals surface area contributed by atoms with Crippen LogP contribution in [0.15, 0.2) is 97.7 Å². The largest absolute Gasteiger partial charge is 0.0955 e. The van der Waals surface area contributed by atoms with Gasteiger partial charge in [0.15, 0.2) is 0 Å². The average molecular weight is 331 g/mol. The molecule has 0 aromatic heterocycles. The lowest BCUT2D eigenvalue weighted by Crippen LogP contribution is -1.85. The first kappa shape index (κ1) is 20.4. The molecule has 1 aliphatic rings. The van der Waals surface area contributed by atoms with Crippen molar-refractivity contribution in [2.45, 2.75) is 33.6 Å². The van der Waals surface area contributed by atoms with Crippen molar-refractivity contribution in [2.24, 2.45) is 0 Å². The number of hydrogen-bond donors (Lipinski definition) is 0. The van der Waals surface area contributed by atoms with Gasteiger partial charge in [-0.15, -0.1) is 0 Å². The minimum Gasteiger partial charge on any atom is -0.0955 e. The van der Waals surface area contributed by atoms with Gasteiger partial charge in [0.25, 0.3) is 0 Å². The second-order valence-electron chi connectivity index (χ2n) is 5.85. The SMILES string of the molecule is C=C(/C=C\CC(=C)c1cccc(C(=C)C)c1)/C=C/C1=CC=CC1.CC. The number of hydrogen-bond acceptors (Lipinski definition) is 0. The van der Waals surface area contributed by atoms with Crippen molar-refractivity contribution in [1.82, 2.24) is 0 Å². The molecule has 0 spiro atoms. The van der Waals surface area contributed by atoms with Gasteiger partial charge in [0.05, 0.1) is 0 Å². The summed E-state index contributed by atoms with van der Waals surface area (Å²) in [5.74, 6) is 0. The highest BCUT2D eigenvalue weighted by molar-refractivity contribution is 5.70. The number of rotatable bonds is 7. The zero-order chi connectivity index (χ0) is 18.7. The predicted octanol–water partition coefficient (Wildman–Crippen LogP) is 7.70. The van der Waals surface area contributed by atoms with E-state index >= 15 is 0 Å². The highest BCUT2D eigenvalue weighted by Gasteiger charge is 2.00. The van der Waals surface area contributed by atoms with E-state index in [0.29, 0.717) is 0 Å². The maximum atomic E-state index is 4.19. The third-order valence-electron chi connectivity index (χ3n) is 3.77. The van der Waals surface area contributed by atoms with Crippen LogP contribution < -0.4 is 0 Å². The fourth-order valence-corrected chi connectivity index (χ4v) is 2.33. The Balaban J connectivity index is 0.00000151. The van der Waals surface area contributed by atoms with E-state index in [2.05, 4.69) is 80.5 Å². The Morgan fingerprint density at radius 1 is 1.08 bits per heavy atom. The molecule has 0 radical (unpaired) electrons. The van der Waals surface area contributed by atoms with Crippen molar-refractivity contribution in [3.63, 3.8) is 0 Å². The molecule has 130 valence electrons. The molecule has 0 saturated heterocycles. The molecule has 0 unspecified atom stereocenters. The first-order valence-electron chi connectivity index (χ1n) is 8.89. The molecular formula is C25H30. The third-order valence-corrected chi connectivity index (χ3v) is 3.77. The summed E-state index contributed by atoms with van der Waals surface area (Å²) in [5.41, 5.74) is 6.83. The van der Waals surface area contributed by atoms with Crippen LogP contribution in [0.5, 0.6) is 0 Å². The summed E-state index contributed by atoms with van der Waals surface area (Å²) in [6, 6.07) is 8.37. The molecule has 0 amide bonds. The lowest BCUT2D eigenvalue weighted by Gasteiger charge is -2.06. The lowest BCUT2D eigenvalue weighted by molar-refractivity contribution is 1.33. The highest BCUT2D eigenvalue weighted by Crippen LogP contribution is 2.21. The van der Waals surface area contributed by atoms with Crippen LogP contribution in [0.2, 0.25) is 0 Å². The molecule has 0 heterocycles. The van der Waals surface area contributed by atoms with Crippen LogP contribution in [0.3, 0.4) is 0 Å². The Morgan fingerprint density at radius 2 is 1.80 bits per heavy atom. The fraction of sp³-hybridized carbons (Fsp3) is 0.200. The zero-order valence-electron chi connectivity index (χ0n) is 15.9. The van der Waals surface area contributed by atoms with E-state index in [4.69, 9.17) is 0 Å². The summed E-state index contributed by atoms with van der Waals surface area (Å²) in [4.78, 5) is 0. The third kappa shape index (κ3) is 7.22. The molecule has 0 nitrogen and oxygen atoms in total. The summed E-state index contributed by atoms with van der Waals surface area (Å²) < 4.78 is 0. The molecule has 0 saturated carbocycles. The van der Waals surface area contributed by atoms with Crippen LogP contribution in [-0.2, 0) is 0 Å². The standard InChI is InChI=1S/C23H24.C2H6/c1-18(2)22-13-8-14-23(17-22)20(4)10-7-9-19(3)15-16-21-11-5-6-12-21;1-2/h5-9,11,13-17H,1,3-4,10,12H2,2H3;1-2H3/b9-7-,16-15+;. The van der Waals surface area contributed by atoms with Crippen LogP contribution >= 0.6 is 0 Å². The van der Waals surface area contributed by atoms with Gasteiger partial charge >= 0.3 is 0 Å². The summed E-state index contributed by atoms with van der Waals surface area (Å²) in [5, 5.41) is 0. The van der Waals surface area contributed by atoms with Crippen LogP contribution in [-0.4, -0.2) is 0 Å². The quantitative estimate of drug-likeness (QED) is 0.449. The zero-order valence-corrected chi connectivity index (χ0v) is 15.9. The fourth-order valence-electron chi connectivity index (χ4n) is 2.33. The summed E-state index contributed by atoms with van der Waals surface area (Å²) in [6.07, 6.45) is 16.5. The van der Waals surface area contributed by atoms with E-state index < -0.39 is 0 Å². The molecule has 1 aromatic carbocycles. The Morgan fingerprint density at radius 3 is 2.44 bits per heavy atom. The van der Waals surface area contributed by atoms with Gasteiger partial charge in [-0.3, -0.25) is 0 Å². The van der Waals surface area contributed by atoms with E-state index in [-0.39, 0.29) is 0 Å². The van der Waals surface area contributed by atoms with Gasteiger partial charge in [-0.2, -0.15) is 0 Å². The summed E-state index contributed by atoms with van der Waals surface area (Å²) in [7, 11) is 0. The van der Waals surface area contributed by atoms with Crippen molar-refractivity contribution in [3.05, 3.63) is 109 Å². The Bertz CT molecular complexity index is 733. The van der Waals surface area contributed by atoms with E-state index in [9.17, 15) is 0 Å². The van der Waals surface area contributed by atoms with Gasteiger partial charge in [0, 0.05) is 0 Å². The molecule has 1 aliphatic carbocycles. The van der Waals surface area contributed by atoms with Crippen LogP contribution in [0.4, 0.5) is 0 Å². The van der Waals surface area contributed by atoms with E-state index in [1.165, 1.54) is 16.7 Å². The molecule has 25 heavy (non-hydrogen) atoms. The van der Waals surface area contributed by atoms with Crippen LogP contribution in [0.1, 0.15) is 44.7 Å². The second kappa shape index (κ2) is 11.0. The summed E-state index contributed by atoms with van der Waals surface area (Å²) in [6.45, 7) is 18.3. The van der Waals surface area contributed by atoms with Gasteiger partial charge in [-0.05, 0) is 53.7 Å². The van der Waals surface area contributed by atoms with E-state index in [0.717, 1.165) is 29.6 Å². The van der Waals surface area contributed by atoms with Crippen molar-refractivity contribution in [3.8, 4) is 0 Å². The van der Waals surface area contributed by atoms with Crippen molar-refractivity contribution < 1.29 is 0 Å². The predicted molar refractivity (Wildman–Crippen MR) is 115 cm³/mol. The van der Waals surface area contributed by atoms with Gasteiger partial charge < -0.3 is 0 Å². The van der Waals surface area contributed by atoms with Crippen molar-refractivity contribution in [1.29, 1.82) is 0 Å². The number of benzene rings is 1. The van der Waals surface area contributed by atoms with Gasteiger partial charge in [0.1, 0.15) is 0 Å². The Kier molecular flexibility index (Phi) is 9.03. The first-order valence-corrected chi connectivity index (χ1v) is 8.89. The van der Waals surface area contributed by atoms with E-state index in [1.807, 2.05) is 26.8 Å². The molecule has 1 aromatic rings. The molecule has 0 heteroatoms. The summed E-state index contributed by atoms with van der Waals surface area (Å²) >= 11 is 0. The van der Waals surface area contributed by atoms with Crippen LogP contribution in [0.25, 0.3) is 11.1 Å². The monoisotopic (exact) mass is 330 g/mol. The lowest BCUT2D eigenvalue weighted by atomic mass is 9.99. The molecule has 2 rings (SSSR count). The maximum Gasteiger partial charge on any atom is -0.00941 e. The molecule has 0 aliphatic heterocycles. The number of allylic oxidation sites excluding steroid dienone is 11. The molecule has 0 bridgehead atoms. The molecule has 0 atom stereocenters. The second-order valence-corrected chi connectivity index (χ2v) is 5.85. The first-order chi connectivity index (χ1) is 12.1. The maximum absolute atomic E-state index is 4.19.